The maximum atomic E-state index is 11.9. The quantitative estimate of drug-likeness (QED) is 0.805. The van der Waals surface area contributed by atoms with Crippen LogP contribution in [0.4, 0.5) is 0 Å². The van der Waals surface area contributed by atoms with Crippen molar-refractivity contribution in [1.82, 2.24) is 10.0 Å². The van der Waals surface area contributed by atoms with Crippen LogP contribution in [0.5, 0.6) is 0 Å². The fraction of sp³-hybridized carbons (Fsp3) is 0.500. The molecule has 0 saturated heterocycles. The van der Waals surface area contributed by atoms with Gasteiger partial charge in [-0.15, -0.1) is 0 Å². The molecule has 0 aliphatic carbocycles. The molecule has 0 spiro atoms. The molecule has 0 atom stereocenters. The normalized spacial score (nSPS) is 11.6. The van der Waals surface area contributed by atoms with Gasteiger partial charge in [0.15, 0.2) is 0 Å². The highest BCUT2D eigenvalue weighted by Crippen LogP contribution is 2.11. The highest BCUT2D eigenvalue weighted by Gasteiger charge is 2.14. The fourth-order valence-corrected chi connectivity index (χ4v) is 2.74. The van der Waals surface area contributed by atoms with Gasteiger partial charge < -0.3 is 5.32 Å². The van der Waals surface area contributed by atoms with E-state index in [-0.39, 0.29) is 10.8 Å². The van der Waals surface area contributed by atoms with Gasteiger partial charge in [-0.1, -0.05) is 26.8 Å². The zero-order valence-electron chi connectivity index (χ0n) is 12.1. The van der Waals surface area contributed by atoms with Crippen LogP contribution in [0, 0.1) is 5.92 Å². The third kappa shape index (κ3) is 4.94. The van der Waals surface area contributed by atoms with Crippen molar-refractivity contribution >= 4 is 15.9 Å². The van der Waals surface area contributed by atoms with Crippen molar-refractivity contribution in [2.75, 3.05) is 13.1 Å². The smallest absolute Gasteiger partial charge is 0.251 e. The number of hydrogen-bond acceptors (Lipinski definition) is 3. The van der Waals surface area contributed by atoms with E-state index in [4.69, 9.17) is 0 Å². The minimum absolute atomic E-state index is 0.107. The number of carbonyl (C=O) groups is 1. The number of carbonyl (C=O) groups excluding carboxylic acids is 1. The zero-order chi connectivity index (χ0) is 15.2. The van der Waals surface area contributed by atoms with Gasteiger partial charge in [-0.2, -0.15) is 0 Å². The number of benzene rings is 1. The Balaban J connectivity index is 2.80. The lowest BCUT2D eigenvalue weighted by molar-refractivity contribution is 0.0952. The van der Waals surface area contributed by atoms with E-state index in [0.29, 0.717) is 24.6 Å². The Morgan fingerprint density at radius 3 is 2.60 bits per heavy atom. The molecule has 0 unspecified atom stereocenters. The molecule has 0 heterocycles. The van der Waals surface area contributed by atoms with Crippen LogP contribution in [0.15, 0.2) is 29.2 Å². The lowest BCUT2D eigenvalue weighted by atomic mass is 10.1. The summed E-state index contributed by atoms with van der Waals surface area (Å²) in [5.74, 6) is 0.259. The topological polar surface area (TPSA) is 75.3 Å². The third-order valence-corrected chi connectivity index (χ3v) is 4.29. The second kappa shape index (κ2) is 7.40. The van der Waals surface area contributed by atoms with Gasteiger partial charge in [0.1, 0.15) is 0 Å². The summed E-state index contributed by atoms with van der Waals surface area (Å²) >= 11 is 0. The number of amides is 1. The van der Waals surface area contributed by atoms with Crippen LogP contribution in [-0.2, 0) is 10.0 Å². The minimum atomic E-state index is -3.53. The SMILES string of the molecule is CCNS(=O)(=O)c1cccc(C(=O)NCCC(C)C)c1. The van der Waals surface area contributed by atoms with Crippen molar-refractivity contribution < 1.29 is 13.2 Å². The first-order chi connectivity index (χ1) is 9.36. The summed E-state index contributed by atoms with van der Waals surface area (Å²) in [6.07, 6.45) is 0.890. The average Bonchev–Trinajstić information content (AvgIpc) is 2.38. The summed E-state index contributed by atoms with van der Waals surface area (Å²) in [7, 11) is -3.53. The van der Waals surface area contributed by atoms with Gasteiger partial charge in [0.2, 0.25) is 10.0 Å². The van der Waals surface area contributed by atoms with Crippen LogP contribution in [-0.4, -0.2) is 27.4 Å². The molecule has 1 aromatic rings. The second-order valence-electron chi connectivity index (χ2n) is 4.97. The first-order valence-corrected chi connectivity index (χ1v) is 8.23. The number of nitrogens with one attached hydrogen (secondary N) is 2. The maximum Gasteiger partial charge on any atom is 0.251 e. The molecule has 0 radical (unpaired) electrons. The fourth-order valence-electron chi connectivity index (χ4n) is 1.65. The number of hydrogen-bond donors (Lipinski definition) is 2. The maximum absolute atomic E-state index is 11.9. The van der Waals surface area contributed by atoms with Gasteiger partial charge in [0.25, 0.3) is 5.91 Å². The van der Waals surface area contributed by atoms with Crippen LogP contribution in [0.2, 0.25) is 0 Å². The van der Waals surface area contributed by atoms with Gasteiger partial charge >= 0.3 is 0 Å². The van der Waals surface area contributed by atoms with E-state index in [9.17, 15) is 13.2 Å². The Kier molecular flexibility index (Phi) is 6.16. The molecule has 6 heteroatoms. The molecule has 0 bridgehead atoms. The Morgan fingerprint density at radius 1 is 1.30 bits per heavy atom. The molecule has 5 nitrogen and oxygen atoms in total. The summed E-state index contributed by atoms with van der Waals surface area (Å²) in [4.78, 5) is 12.0. The van der Waals surface area contributed by atoms with Crippen LogP contribution < -0.4 is 10.0 Å². The molecule has 2 N–H and O–H groups in total. The molecule has 1 rings (SSSR count). The third-order valence-electron chi connectivity index (χ3n) is 2.75. The summed E-state index contributed by atoms with van der Waals surface area (Å²) in [5.41, 5.74) is 0.354. The van der Waals surface area contributed by atoms with Crippen molar-refractivity contribution in [3.05, 3.63) is 29.8 Å². The lowest BCUT2D eigenvalue weighted by Crippen LogP contribution is -2.26. The van der Waals surface area contributed by atoms with Gasteiger partial charge in [-0.05, 0) is 30.5 Å². The van der Waals surface area contributed by atoms with Crippen LogP contribution >= 0.6 is 0 Å². The molecule has 0 aliphatic rings. The molecule has 112 valence electrons. The molecule has 1 amide bonds. The van der Waals surface area contributed by atoms with Crippen LogP contribution in [0.1, 0.15) is 37.6 Å². The summed E-state index contributed by atoms with van der Waals surface area (Å²) in [6, 6.07) is 6.04. The predicted octanol–water partition coefficient (Wildman–Crippen LogP) is 1.76. The molecule has 0 fully saturated rings. The van der Waals surface area contributed by atoms with Crippen molar-refractivity contribution in [3.63, 3.8) is 0 Å². The van der Waals surface area contributed by atoms with Gasteiger partial charge in [0.05, 0.1) is 4.90 Å². The number of rotatable bonds is 7. The standard InChI is InChI=1S/C14H22N2O3S/c1-4-16-20(18,19)13-7-5-6-12(10-13)14(17)15-9-8-11(2)3/h5-7,10-11,16H,4,8-9H2,1-3H3,(H,15,17). The molecular formula is C14H22N2O3S. The van der Waals surface area contributed by atoms with Crippen LogP contribution in [0.25, 0.3) is 0 Å². The largest absolute Gasteiger partial charge is 0.352 e. The molecule has 20 heavy (non-hydrogen) atoms. The summed E-state index contributed by atoms with van der Waals surface area (Å²) < 4.78 is 26.1. The first-order valence-electron chi connectivity index (χ1n) is 6.74. The molecule has 0 saturated carbocycles. The van der Waals surface area contributed by atoms with E-state index in [0.717, 1.165) is 6.42 Å². The first kappa shape index (κ1) is 16.7. The molecule has 0 aliphatic heterocycles. The summed E-state index contributed by atoms with van der Waals surface area (Å²) in [5, 5.41) is 2.79. The second-order valence-corrected chi connectivity index (χ2v) is 6.73. The Morgan fingerprint density at radius 2 is 2.00 bits per heavy atom. The van der Waals surface area contributed by atoms with Crippen molar-refractivity contribution in [2.45, 2.75) is 32.1 Å². The van der Waals surface area contributed by atoms with E-state index in [1.54, 1.807) is 19.1 Å². The Labute approximate surface area is 120 Å². The van der Waals surface area contributed by atoms with E-state index in [1.165, 1.54) is 12.1 Å². The Hall–Kier alpha value is -1.40. The van der Waals surface area contributed by atoms with Gasteiger partial charge in [-0.25, -0.2) is 13.1 Å². The number of sulfonamides is 1. The van der Waals surface area contributed by atoms with Gasteiger partial charge in [0, 0.05) is 18.7 Å². The van der Waals surface area contributed by atoms with Crippen molar-refractivity contribution in [1.29, 1.82) is 0 Å². The highest BCUT2D eigenvalue weighted by atomic mass is 32.2. The molecular weight excluding hydrogens is 276 g/mol. The van der Waals surface area contributed by atoms with E-state index in [2.05, 4.69) is 23.9 Å². The highest BCUT2D eigenvalue weighted by molar-refractivity contribution is 7.89. The minimum Gasteiger partial charge on any atom is -0.352 e. The van der Waals surface area contributed by atoms with E-state index >= 15 is 0 Å². The average molecular weight is 298 g/mol. The zero-order valence-corrected chi connectivity index (χ0v) is 13.0. The van der Waals surface area contributed by atoms with E-state index < -0.39 is 10.0 Å². The van der Waals surface area contributed by atoms with Crippen molar-refractivity contribution in [2.24, 2.45) is 5.92 Å². The Bertz CT molecular complexity index is 553. The monoisotopic (exact) mass is 298 g/mol. The predicted molar refractivity (Wildman–Crippen MR) is 79.1 cm³/mol. The van der Waals surface area contributed by atoms with Crippen molar-refractivity contribution in [3.8, 4) is 0 Å². The van der Waals surface area contributed by atoms with Gasteiger partial charge in [-0.3, -0.25) is 4.79 Å². The molecule has 0 aromatic heterocycles. The van der Waals surface area contributed by atoms with Crippen LogP contribution in [0.3, 0.4) is 0 Å². The van der Waals surface area contributed by atoms with E-state index in [1.807, 2.05) is 0 Å². The summed E-state index contributed by atoms with van der Waals surface area (Å²) in [6.45, 7) is 6.76. The lowest BCUT2D eigenvalue weighted by Gasteiger charge is -2.09. The molecule has 1 aromatic carbocycles.